The van der Waals surface area contributed by atoms with Gasteiger partial charge < -0.3 is 28.5 Å². The summed E-state index contributed by atoms with van der Waals surface area (Å²) in [6.07, 6.45) is 16.6. The molecule has 8 heteroatoms. The highest BCUT2D eigenvalue weighted by Gasteiger charge is 2.51. The SMILES string of the molecule is C=C1C[C@H](C)C[C@@H]2CC=C[C@@H](C/C=C\C(=O)O[C@H]([C@H](/C=C/[C@@H]3CC(C)=CCO3)O[Si](C(C)C)(C(C)C)C(C)C)C[C@@H]3O[C@H]3[C@@H](O)C1)O2. The Morgan fingerprint density at radius 3 is 2.40 bits per heavy atom. The molecule has 47 heavy (non-hydrogen) atoms. The van der Waals surface area contributed by atoms with E-state index in [-0.39, 0.29) is 30.5 Å². The number of carbonyl (C=O) groups is 1. The zero-order chi connectivity index (χ0) is 34.3. The Kier molecular flexibility index (Phi) is 13.9. The van der Waals surface area contributed by atoms with Crippen LogP contribution in [0.25, 0.3) is 0 Å². The number of esters is 1. The number of cyclic esters (lactones) is 1. The van der Waals surface area contributed by atoms with E-state index >= 15 is 0 Å². The summed E-state index contributed by atoms with van der Waals surface area (Å²) in [5, 5.41) is 11.2. The second kappa shape index (κ2) is 17.2. The molecule has 0 aliphatic carbocycles. The van der Waals surface area contributed by atoms with Crippen LogP contribution in [0.4, 0.5) is 0 Å². The smallest absolute Gasteiger partial charge is 0.330 e. The molecule has 264 valence electrons. The first kappa shape index (κ1) is 38.0. The third-order valence-electron chi connectivity index (χ3n) is 10.5. The van der Waals surface area contributed by atoms with Gasteiger partial charge in [-0.3, -0.25) is 0 Å². The number of aliphatic hydroxyl groups excluding tert-OH is 1. The van der Waals surface area contributed by atoms with Crippen molar-refractivity contribution < 1.29 is 33.3 Å². The van der Waals surface area contributed by atoms with Crippen LogP contribution in [0, 0.1) is 5.92 Å². The fraction of sp³-hybridized carbons (Fsp3) is 0.718. The summed E-state index contributed by atoms with van der Waals surface area (Å²) >= 11 is 0. The molecule has 0 amide bonds. The van der Waals surface area contributed by atoms with Gasteiger partial charge in [0.15, 0.2) is 0 Å². The van der Waals surface area contributed by atoms with E-state index in [0.29, 0.717) is 48.4 Å². The molecule has 7 nitrogen and oxygen atoms in total. The molecule has 1 saturated heterocycles. The number of hydrogen-bond donors (Lipinski definition) is 1. The van der Waals surface area contributed by atoms with Gasteiger partial charge in [-0.05, 0) is 68.0 Å². The van der Waals surface area contributed by atoms with E-state index in [4.69, 9.17) is 23.4 Å². The molecule has 4 aliphatic rings. The topological polar surface area (TPSA) is 86.8 Å². The maximum atomic E-state index is 13.5. The predicted molar refractivity (Wildman–Crippen MR) is 191 cm³/mol. The molecule has 0 unspecified atom stereocenters. The summed E-state index contributed by atoms with van der Waals surface area (Å²) in [5.41, 5.74) is 3.36. The van der Waals surface area contributed by atoms with Crippen LogP contribution in [-0.2, 0) is 28.2 Å². The van der Waals surface area contributed by atoms with Gasteiger partial charge in [0, 0.05) is 12.5 Å². The summed E-state index contributed by atoms with van der Waals surface area (Å²) in [6.45, 7) is 22.8. The number of epoxide rings is 1. The van der Waals surface area contributed by atoms with Crippen molar-refractivity contribution in [3.63, 3.8) is 0 Å². The van der Waals surface area contributed by atoms with E-state index in [1.54, 1.807) is 0 Å². The van der Waals surface area contributed by atoms with Gasteiger partial charge in [0.2, 0.25) is 8.32 Å². The van der Waals surface area contributed by atoms with E-state index in [2.05, 4.69) is 92.3 Å². The van der Waals surface area contributed by atoms with Crippen LogP contribution < -0.4 is 0 Å². The molecule has 4 aliphatic heterocycles. The van der Waals surface area contributed by atoms with Gasteiger partial charge in [-0.2, -0.15) is 0 Å². The van der Waals surface area contributed by atoms with Gasteiger partial charge in [0.1, 0.15) is 18.3 Å². The molecular formula is C39H62O7Si. The second-order valence-electron chi connectivity index (χ2n) is 15.4. The minimum absolute atomic E-state index is 0.0679. The Bertz CT molecular complexity index is 1150. The van der Waals surface area contributed by atoms with Crippen LogP contribution >= 0.6 is 0 Å². The molecule has 0 radical (unpaired) electrons. The van der Waals surface area contributed by atoms with Crippen molar-refractivity contribution in [3.05, 3.63) is 60.3 Å². The zero-order valence-corrected chi connectivity index (χ0v) is 31.2. The van der Waals surface area contributed by atoms with E-state index < -0.39 is 32.6 Å². The number of aliphatic hydroxyl groups is 1. The first-order chi connectivity index (χ1) is 22.3. The normalized spacial score (nSPS) is 34.5. The minimum atomic E-state index is -2.39. The third kappa shape index (κ3) is 10.6. The van der Waals surface area contributed by atoms with Gasteiger partial charge in [0.05, 0.1) is 37.1 Å². The predicted octanol–water partition coefficient (Wildman–Crippen LogP) is 8.30. The van der Waals surface area contributed by atoms with Crippen molar-refractivity contribution in [2.45, 2.75) is 166 Å². The molecule has 0 spiro atoms. The zero-order valence-electron chi connectivity index (χ0n) is 30.2. The molecule has 9 atom stereocenters. The van der Waals surface area contributed by atoms with Crippen LogP contribution in [0.5, 0.6) is 0 Å². The Morgan fingerprint density at radius 1 is 1.00 bits per heavy atom. The van der Waals surface area contributed by atoms with Crippen molar-refractivity contribution in [3.8, 4) is 0 Å². The summed E-state index contributed by atoms with van der Waals surface area (Å²) < 4.78 is 32.2. The van der Waals surface area contributed by atoms with Crippen LogP contribution in [0.3, 0.4) is 0 Å². The highest BCUT2D eigenvalue weighted by molar-refractivity contribution is 6.77. The lowest BCUT2D eigenvalue weighted by molar-refractivity contribution is -0.147. The average molecular weight is 671 g/mol. The van der Waals surface area contributed by atoms with Crippen LogP contribution in [-0.4, -0.2) is 74.8 Å². The fourth-order valence-corrected chi connectivity index (χ4v) is 13.7. The molecule has 0 aromatic rings. The minimum Gasteiger partial charge on any atom is -0.456 e. The summed E-state index contributed by atoms with van der Waals surface area (Å²) in [6, 6.07) is 0. The van der Waals surface area contributed by atoms with Gasteiger partial charge in [-0.1, -0.05) is 103 Å². The average Bonchev–Trinajstić information content (AvgIpc) is 3.75. The first-order valence-electron chi connectivity index (χ1n) is 18.1. The summed E-state index contributed by atoms with van der Waals surface area (Å²) in [7, 11) is -2.39. The van der Waals surface area contributed by atoms with E-state index in [0.717, 1.165) is 31.3 Å². The van der Waals surface area contributed by atoms with Crippen molar-refractivity contribution >= 4 is 14.3 Å². The summed E-state index contributed by atoms with van der Waals surface area (Å²) in [5.74, 6) is -0.0196. The van der Waals surface area contributed by atoms with Crippen LogP contribution in [0.15, 0.2) is 60.3 Å². The van der Waals surface area contributed by atoms with Gasteiger partial charge in [-0.25, -0.2) is 4.79 Å². The molecule has 0 aromatic carbocycles. The Hall–Kier alpha value is -1.81. The van der Waals surface area contributed by atoms with Gasteiger partial charge >= 0.3 is 5.97 Å². The van der Waals surface area contributed by atoms with Crippen LogP contribution in [0.1, 0.15) is 100 Å². The monoisotopic (exact) mass is 670 g/mol. The van der Waals surface area contributed by atoms with Crippen molar-refractivity contribution in [2.24, 2.45) is 5.92 Å². The highest BCUT2D eigenvalue weighted by Crippen LogP contribution is 2.44. The maximum Gasteiger partial charge on any atom is 0.330 e. The van der Waals surface area contributed by atoms with Crippen molar-refractivity contribution in [1.29, 1.82) is 0 Å². The highest BCUT2D eigenvalue weighted by atomic mass is 28.4. The van der Waals surface area contributed by atoms with Crippen molar-refractivity contribution in [2.75, 3.05) is 6.61 Å². The number of hydrogen-bond acceptors (Lipinski definition) is 7. The molecule has 4 heterocycles. The number of carbonyl (C=O) groups excluding carboxylic acids is 1. The molecule has 1 fully saturated rings. The Morgan fingerprint density at radius 2 is 1.72 bits per heavy atom. The lowest BCUT2D eigenvalue weighted by atomic mass is 9.91. The van der Waals surface area contributed by atoms with Gasteiger partial charge in [-0.15, -0.1) is 0 Å². The maximum absolute atomic E-state index is 13.5. The van der Waals surface area contributed by atoms with E-state index in [1.165, 1.54) is 11.6 Å². The number of ether oxygens (including phenoxy) is 4. The van der Waals surface area contributed by atoms with E-state index in [9.17, 15) is 9.90 Å². The van der Waals surface area contributed by atoms with Crippen molar-refractivity contribution in [1.82, 2.24) is 0 Å². The summed E-state index contributed by atoms with van der Waals surface area (Å²) in [4.78, 5) is 13.5. The number of rotatable bonds is 8. The quantitative estimate of drug-likeness (QED) is 0.120. The standard InChI is InChI=1S/C39H62O7Si/c1-25(2)47(26(3)4,27(5)6)46-35(17-16-32-21-28(7)18-19-42-32)36-24-37-39(45-37)34(40)23-30(9)20-29(8)22-33-14-10-12-31(43-33)13-11-15-38(41)44-36/h10-12,15-18,25-27,29,31-37,39-40H,9,13-14,19-24H2,1-8H3/b15-11-,17-16+/t29-,31-,32+,33-,34-,35-,36-,37-,39-/m0/s1. The Balaban J connectivity index is 1.65. The van der Waals surface area contributed by atoms with Crippen LogP contribution in [0.2, 0.25) is 16.6 Å². The number of fused-ring (bicyclic) bond motifs is 3. The molecule has 4 rings (SSSR count). The molecule has 1 N–H and O–H groups in total. The third-order valence-corrected chi connectivity index (χ3v) is 16.6. The lowest BCUT2D eigenvalue weighted by Gasteiger charge is -2.45. The first-order valence-corrected chi connectivity index (χ1v) is 20.2. The van der Waals surface area contributed by atoms with E-state index in [1.807, 2.05) is 6.08 Å². The molecule has 2 bridgehead atoms. The lowest BCUT2D eigenvalue weighted by Crippen LogP contribution is -2.52. The molecule has 0 saturated carbocycles. The Labute approximate surface area is 285 Å². The largest absolute Gasteiger partial charge is 0.456 e. The van der Waals surface area contributed by atoms with Gasteiger partial charge in [0.25, 0.3) is 0 Å². The molecule has 0 aromatic heterocycles. The molecular weight excluding hydrogens is 609 g/mol. The fourth-order valence-electron chi connectivity index (χ4n) is 8.20. The second-order valence-corrected chi connectivity index (χ2v) is 20.8.